The molecule has 1 fully saturated rings. The van der Waals surface area contributed by atoms with E-state index in [4.69, 9.17) is 13.9 Å². The summed E-state index contributed by atoms with van der Waals surface area (Å²) >= 11 is 0. The number of nitrogens with zero attached hydrogens (tertiary/aromatic N) is 1. The molecule has 0 aromatic heterocycles. The van der Waals surface area contributed by atoms with Crippen molar-refractivity contribution in [2.24, 2.45) is 0 Å². The molecule has 4 nitrogen and oxygen atoms in total. The molecule has 1 rings (SSSR count). The van der Waals surface area contributed by atoms with Gasteiger partial charge in [-0.2, -0.15) is 0 Å². The van der Waals surface area contributed by atoms with Crippen molar-refractivity contribution in [2.75, 3.05) is 6.61 Å². The van der Waals surface area contributed by atoms with Crippen molar-refractivity contribution in [3.8, 4) is 0 Å². The van der Waals surface area contributed by atoms with Crippen LogP contribution < -0.4 is 0 Å². The van der Waals surface area contributed by atoms with Gasteiger partial charge >= 0.3 is 8.60 Å². The minimum atomic E-state index is -1.63. The fraction of sp³-hybridized carbons (Fsp3) is 1.00. The third-order valence-corrected chi connectivity index (χ3v) is 2.86. The summed E-state index contributed by atoms with van der Waals surface area (Å²) in [5, 5.41) is 0. The Morgan fingerprint density at radius 1 is 1.31 bits per heavy atom. The molecule has 0 bridgehead atoms. The second kappa shape index (κ2) is 4.67. The minimum Gasteiger partial charge on any atom is -0.328 e. The lowest BCUT2D eigenvalue weighted by Gasteiger charge is -2.33. The highest BCUT2D eigenvalue weighted by Crippen LogP contribution is 2.42. The molecule has 0 aromatic rings. The van der Waals surface area contributed by atoms with Crippen LogP contribution in [0.2, 0.25) is 0 Å². The van der Waals surface area contributed by atoms with Gasteiger partial charge in [-0.05, 0) is 27.7 Å². The van der Waals surface area contributed by atoms with Gasteiger partial charge < -0.3 is 9.42 Å². The molecule has 2 atom stereocenters. The normalized spacial score (nSPS) is 29.5. The predicted octanol–water partition coefficient (Wildman–Crippen LogP) is 1.70. The molecule has 0 spiro atoms. The Kier molecular flexibility index (Phi) is 4.07. The Hall–Kier alpha value is 0.270. The standard InChI is InChI=1S/C8H18NO3P/c1-6(2)9(7(3)4)8-5-11-13(10)12-8/h6-8,10H,5H2,1-4H3. The lowest BCUT2D eigenvalue weighted by atomic mass is 10.2. The first-order chi connectivity index (χ1) is 6.02. The van der Waals surface area contributed by atoms with Crippen LogP contribution in [0, 0.1) is 0 Å². The number of hydrogen-bond donors (Lipinski definition) is 1. The van der Waals surface area contributed by atoms with Gasteiger partial charge in [-0.25, -0.2) is 0 Å². The van der Waals surface area contributed by atoms with Crippen LogP contribution in [0.25, 0.3) is 0 Å². The summed E-state index contributed by atoms with van der Waals surface area (Å²) in [7, 11) is -1.63. The molecule has 1 aliphatic rings. The molecule has 0 radical (unpaired) electrons. The zero-order chi connectivity index (χ0) is 10.0. The highest BCUT2D eigenvalue weighted by atomic mass is 31.2. The van der Waals surface area contributed by atoms with Gasteiger partial charge in [0.2, 0.25) is 0 Å². The van der Waals surface area contributed by atoms with E-state index in [1.807, 2.05) is 0 Å². The average Bonchev–Trinajstić information content (AvgIpc) is 2.34. The quantitative estimate of drug-likeness (QED) is 0.715. The van der Waals surface area contributed by atoms with E-state index in [1.165, 1.54) is 0 Å². The second-order valence-electron chi connectivity index (χ2n) is 3.73. The molecule has 1 aliphatic heterocycles. The molecule has 2 unspecified atom stereocenters. The fourth-order valence-electron chi connectivity index (χ4n) is 1.69. The third-order valence-electron chi connectivity index (χ3n) is 2.06. The zero-order valence-electron chi connectivity index (χ0n) is 8.60. The van der Waals surface area contributed by atoms with Gasteiger partial charge in [-0.3, -0.25) is 9.42 Å². The second-order valence-corrected chi connectivity index (χ2v) is 4.67. The third kappa shape index (κ3) is 2.86. The monoisotopic (exact) mass is 207 g/mol. The molecule has 78 valence electrons. The Bertz CT molecular complexity index is 157. The van der Waals surface area contributed by atoms with E-state index < -0.39 is 8.60 Å². The van der Waals surface area contributed by atoms with Crippen molar-refractivity contribution in [3.63, 3.8) is 0 Å². The van der Waals surface area contributed by atoms with Crippen molar-refractivity contribution in [1.29, 1.82) is 0 Å². The number of rotatable bonds is 3. The molecular formula is C8H18NO3P. The molecule has 0 aliphatic carbocycles. The number of hydrogen-bond acceptors (Lipinski definition) is 4. The van der Waals surface area contributed by atoms with Crippen LogP contribution in [-0.2, 0) is 9.05 Å². The lowest BCUT2D eigenvalue weighted by molar-refractivity contribution is -0.00505. The Morgan fingerprint density at radius 3 is 2.15 bits per heavy atom. The van der Waals surface area contributed by atoms with Gasteiger partial charge in [0.05, 0.1) is 6.61 Å². The van der Waals surface area contributed by atoms with Crippen LogP contribution in [0.4, 0.5) is 0 Å². The highest BCUT2D eigenvalue weighted by Gasteiger charge is 2.33. The molecule has 13 heavy (non-hydrogen) atoms. The van der Waals surface area contributed by atoms with E-state index in [2.05, 4.69) is 32.6 Å². The maximum absolute atomic E-state index is 9.11. The summed E-state index contributed by atoms with van der Waals surface area (Å²) in [5.74, 6) is 0. The zero-order valence-corrected chi connectivity index (χ0v) is 9.49. The van der Waals surface area contributed by atoms with Crippen LogP contribution in [0.1, 0.15) is 27.7 Å². The summed E-state index contributed by atoms with van der Waals surface area (Å²) in [6, 6.07) is 0.796. The first-order valence-electron chi connectivity index (χ1n) is 4.58. The maximum Gasteiger partial charge on any atom is 0.331 e. The maximum atomic E-state index is 9.11. The topological polar surface area (TPSA) is 41.9 Å². The van der Waals surface area contributed by atoms with E-state index in [9.17, 15) is 0 Å². The van der Waals surface area contributed by atoms with Crippen molar-refractivity contribution >= 4 is 8.60 Å². The average molecular weight is 207 g/mol. The smallest absolute Gasteiger partial charge is 0.328 e. The Balaban J connectivity index is 2.55. The van der Waals surface area contributed by atoms with Crippen molar-refractivity contribution in [2.45, 2.75) is 46.0 Å². The van der Waals surface area contributed by atoms with Crippen molar-refractivity contribution in [1.82, 2.24) is 4.90 Å². The molecule has 5 heteroatoms. The summed E-state index contributed by atoms with van der Waals surface area (Å²) in [6.07, 6.45) is -0.0869. The van der Waals surface area contributed by atoms with Gasteiger partial charge in [0.25, 0.3) is 0 Å². The SMILES string of the molecule is CC(C)N(C(C)C)C1COP(O)O1. The minimum absolute atomic E-state index is 0.0869. The van der Waals surface area contributed by atoms with E-state index in [1.54, 1.807) is 0 Å². The highest BCUT2D eigenvalue weighted by molar-refractivity contribution is 7.40. The molecule has 1 saturated heterocycles. The van der Waals surface area contributed by atoms with Gasteiger partial charge in [-0.15, -0.1) is 0 Å². The van der Waals surface area contributed by atoms with E-state index >= 15 is 0 Å². The summed E-state index contributed by atoms with van der Waals surface area (Å²) in [6.45, 7) is 8.92. The molecule has 0 saturated carbocycles. The van der Waals surface area contributed by atoms with Crippen LogP contribution in [0.5, 0.6) is 0 Å². The molecule has 1 heterocycles. The van der Waals surface area contributed by atoms with Crippen LogP contribution in [0.3, 0.4) is 0 Å². The summed E-state index contributed by atoms with van der Waals surface area (Å²) in [5.41, 5.74) is 0. The molecule has 1 N–H and O–H groups in total. The van der Waals surface area contributed by atoms with E-state index in [0.29, 0.717) is 18.7 Å². The van der Waals surface area contributed by atoms with Gasteiger partial charge in [0.1, 0.15) is 6.23 Å². The van der Waals surface area contributed by atoms with E-state index in [-0.39, 0.29) is 6.23 Å². The van der Waals surface area contributed by atoms with Gasteiger partial charge in [0, 0.05) is 12.1 Å². The van der Waals surface area contributed by atoms with Crippen LogP contribution >= 0.6 is 8.60 Å². The Morgan fingerprint density at radius 2 is 1.85 bits per heavy atom. The molecular weight excluding hydrogens is 189 g/mol. The van der Waals surface area contributed by atoms with Gasteiger partial charge in [-0.1, -0.05) is 0 Å². The van der Waals surface area contributed by atoms with Crippen molar-refractivity contribution in [3.05, 3.63) is 0 Å². The van der Waals surface area contributed by atoms with Crippen molar-refractivity contribution < 1.29 is 13.9 Å². The van der Waals surface area contributed by atoms with Crippen LogP contribution in [-0.4, -0.2) is 34.7 Å². The van der Waals surface area contributed by atoms with Crippen LogP contribution in [0.15, 0.2) is 0 Å². The largest absolute Gasteiger partial charge is 0.331 e. The summed E-state index contributed by atoms with van der Waals surface area (Å²) < 4.78 is 10.3. The first-order valence-corrected chi connectivity index (χ1v) is 5.71. The lowest BCUT2D eigenvalue weighted by Crippen LogP contribution is -2.46. The molecule has 0 aromatic carbocycles. The summed E-state index contributed by atoms with van der Waals surface area (Å²) in [4.78, 5) is 11.3. The predicted molar refractivity (Wildman–Crippen MR) is 52.1 cm³/mol. The Labute approximate surface area is 80.8 Å². The van der Waals surface area contributed by atoms with E-state index in [0.717, 1.165) is 0 Å². The first kappa shape index (κ1) is 11.3. The molecule has 0 amide bonds. The fourth-order valence-corrected chi connectivity index (χ4v) is 2.39. The van der Waals surface area contributed by atoms with Gasteiger partial charge in [0.15, 0.2) is 0 Å².